The Morgan fingerprint density at radius 2 is 1.88 bits per heavy atom. The van der Waals surface area contributed by atoms with Crippen molar-refractivity contribution in [2.45, 2.75) is 51.3 Å². The lowest BCUT2D eigenvalue weighted by Crippen LogP contribution is -2.26. The SMILES string of the molecule is Cc1cc2c(cc1C(=O)N1Cc3ccccc3C1)[nH]c(=O)c1nnc([C@@H]3CCC[C@@H]3O)n12. The van der Waals surface area contributed by atoms with Crippen LogP contribution in [0, 0.1) is 6.92 Å². The van der Waals surface area contributed by atoms with Crippen molar-refractivity contribution in [3.63, 3.8) is 0 Å². The molecule has 0 saturated heterocycles. The summed E-state index contributed by atoms with van der Waals surface area (Å²) in [5, 5.41) is 18.8. The Morgan fingerprint density at radius 3 is 2.56 bits per heavy atom. The van der Waals surface area contributed by atoms with Crippen LogP contribution < -0.4 is 5.56 Å². The number of nitrogens with zero attached hydrogens (tertiary/aromatic N) is 4. The molecule has 0 unspecified atom stereocenters. The molecule has 0 spiro atoms. The zero-order chi connectivity index (χ0) is 22.0. The summed E-state index contributed by atoms with van der Waals surface area (Å²) in [5.74, 6) is 0.394. The van der Waals surface area contributed by atoms with Gasteiger partial charge in [-0.25, -0.2) is 0 Å². The highest BCUT2D eigenvalue weighted by molar-refractivity contribution is 5.99. The topological polar surface area (TPSA) is 104 Å². The second-order valence-corrected chi connectivity index (χ2v) is 8.89. The van der Waals surface area contributed by atoms with Crippen LogP contribution in [-0.4, -0.2) is 41.6 Å². The first-order valence-electron chi connectivity index (χ1n) is 11.0. The molecular formula is C24H23N5O3. The number of hydrogen-bond acceptors (Lipinski definition) is 5. The Labute approximate surface area is 183 Å². The maximum atomic E-state index is 13.4. The molecule has 1 aliphatic carbocycles. The summed E-state index contributed by atoms with van der Waals surface area (Å²) in [6.07, 6.45) is 1.95. The number of aryl methyl sites for hydroxylation is 1. The molecule has 1 aliphatic heterocycles. The number of aliphatic hydroxyl groups is 1. The Balaban J connectivity index is 1.47. The third kappa shape index (κ3) is 2.79. The monoisotopic (exact) mass is 429 g/mol. The number of aromatic nitrogens is 4. The number of carbonyl (C=O) groups excluding carboxylic acids is 1. The molecule has 6 rings (SSSR count). The largest absolute Gasteiger partial charge is 0.392 e. The predicted octanol–water partition coefficient (Wildman–Crippen LogP) is 2.66. The summed E-state index contributed by atoms with van der Waals surface area (Å²) in [6.45, 7) is 3.07. The molecule has 2 aromatic heterocycles. The Kier molecular flexibility index (Phi) is 4.19. The molecule has 0 radical (unpaired) electrons. The molecule has 1 fully saturated rings. The number of benzene rings is 2. The van der Waals surface area contributed by atoms with Crippen LogP contribution in [0.15, 0.2) is 41.2 Å². The lowest BCUT2D eigenvalue weighted by molar-refractivity contribution is 0.0751. The number of fused-ring (bicyclic) bond motifs is 4. The van der Waals surface area contributed by atoms with Gasteiger partial charge in [0.05, 0.1) is 17.1 Å². The quantitative estimate of drug-likeness (QED) is 0.510. The van der Waals surface area contributed by atoms with Crippen molar-refractivity contribution in [2.24, 2.45) is 0 Å². The number of nitrogens with one attached hydrogen (secondary N) is 1. The van der Waals surface area contributed by atoms with Gasteiger partial charge in [0.1, 0.15) is 5.82 Å². The van der Waals surface area contributed by atoms with Crippen molar-refractivity contribution in [2.75, 3.05) is 0 Å². The van der Waals surface area contributed by atoms with E-state index in [1.54, 1.807) is 10.5 Å². The van der Waals surface area contributed by atoms with E-state index in [1.807, 2.05) is 30.0 Å². The van der Waals surface area contributed by atoms with Crippen LogP contribution in [0.25, 0.3) is 16.7 Å². The molecule has 162 valence electrons. The summed E-state index contributed by atoms with van der Waals surface area (Å²) in [5.41, 5.74) is 4.85. The molecule has 1 amide bonds. The highest BCUT2D eigenvalue weighted by Gasteiger charge is 2.32. The predicted molar refractivity (Wildman–Crippen MR) is 118 cm³/mol. The summed E-state index contributed by atoms with van der Waals surface area (Å²) < 4.78 is 1.75. The van der Waals surface area contributed by atoms with E-state index in [2.05, 4.69) is 27.3 Å². The van der Waals surface area contributed by atoms with Gasteiger partial charge in [-0.2, -0.15) is 0 Å². The molecule has 2 N–H and O–H groups in total. The standard InChI is InChI=1S/C24H23N5O3/c1-13-9-19-18(10-17(13)24(32)28-11-14-5-2-3-6-15(14)12-28)25-23(31)22-27-26-21(29(19)22)16-7-4-8-20(16)30/h2-3,5-6,9-10,16,20,30H,4,7-8,11-12H2,1H3,(H,25,31)/t16-,20+/m1/s1. The first-order chi connectivity index (χ1) is 15.5. The van der Waals surface area contributed by atoms with Crippen molar-refractivity contribution in [1.29, 1.82) is 0 Å². The first kappa shape index (κ1) is 19.2. The van der Waals surface area contributed by atoms with Gasteiger partial charge < -0.3 is 15.0 Å². The van der Waals surface area contributed by atoms with Crippen molar-refractivity contribution < 1.29 is 9.90 Å². The first-order valence-corrected chi connectivity index (χ1v) is 11.0. The fourth-order valence-corrected chi connectivity index (χ4v) is 5.20. The number of H-pyrrole nitrogens is 1. The number of rotatable bonds is 2. The summed E-state index contributed by atoms with van der Waals surface area (Å²) >= 11 is 0. The number of hydrogen-bond donors (Lipinski definition) is 2. The molecular weight excluding hydrogens is 406 g/mol. The molecule has 2 atom stereocenters. The average molecular weight is 429 g/mol. The minimum Gasteiger partial charge on any atom is -0.392 e. The molecule has 8 heteroatoms. The van der Waals surface area contributed by atoms with Gasteiger partial charge in [-0.05, 0) is 48.6 Å². The van der Waals surface area contributed by atoms with E-state index in [4.69, 9.17) is 0 Å². The molecule has 1 saturated carbocycles. The van der Waals surface area contributed by atoms with Crippen molar-refractivity contribution in [3.05, 3.63) is 74.8 Å². The summed E-state index contributed by atoms with van der Waals surface area (Å²) in [7, 11) is 0. The molecule has 4 aromatic rings. The second kappa shape index (κ2) is 7.00. The highest BCUT2D eigenvalue weighted by Crippen LogP contribution is 2.34. The number of aromatic amines is 1. The number of aliphatic hydroxyl groups excluding tert-OH is 1. The van der Waals surface area contributed by atoms with Gasteiger partial charge in [-0.15, -0.1) is 10.2 Å². The number of amides is 1. The fourth-order valence-electron chi connectivity index (χ4n) is 5.20. The minimum atomic E-state index is -0.490. The van der Waals surface area contributed by atoms with E-state index in [-0.39, 0.29) is 23.0 Å². The fraction of sp³-hybridized carbons (Fsp3) is 0.333. The molecule has 2 aromatic carbocycles. The van der Waals surface area contributed by atoms with Crippen molar-refractivity contribution >= 4 is 22.6 Å². The van der Waals surface area contributed by atoms with Gasteiger partial charge in [0.15, 0.2) is 0 Å². The Bertz CT molecular complexity index is 1430. The molecule has 32 heavy (non-hydrogen) atoms. The number of carbonyl (C=O) groups is 1. The molecule has 2 aliphatic rings. The van der Waals surface area contributed by atoms with Crippen LogP contribution in [0.4, 0.5) is 0 Å². The van der Waals surface area contributed by atoms with Crippen LogP contribution >= 0.6 is 0 Å². The van der Waals surface area contributed by atoms with E-state index in [9.17, 15) is 14.7 Å². The normalized spacial score (nSPS) is 20.4. The third-order valence-electron chi connectivity index (χ3n) is 6.89. The van der Waals surface area contributed by atoms with Gasteiger partial charge in [-0.3, -0.25) is 14.0 Å². The molecule has 3 heterocycles. The summed E-state index contributed by atoms with van der Waals surface area (Å²) in [6, 6.07) is 11.7. The van der Waals surface area contributed by atoms with E-state index in [0.717, 1.165) is 30.3 Å². The smallest absolute Gasteiger partial charge is 0.294 e. The zero-order valence-corrected chi connectivity index (χ0v) is 17.7. The van der Waals surface area contributed by atoms with E-state index in [0.29, 0.717) is 30.0 Å². The van der Waals surface area contributed by atoms with Crippen LogP contribution in [0.1, 0.15) is 58.1 Å². The third-order valence-corrected chi connectivity index (χ3v) is 6.89. The van der Waals surface area contributed by atoms with Crippen molar-refractivity contribution in [1.82, 2.24) is 24.5 Å². The van der Waals surface area contributed by atoms with Crippen LogP contribution in [0.5, 0.6) is 0 Å². The van der Waals surface area contributed by atoms with Gasteiger partial charge >= 0.3 is 0 Å². The average Bonchev–Trinajstić information content (AvgIpc) is 3.51. The van der Waals surface area contributed by atoms with Gasteiger partial charge in [-0.1, -0.05) is 30.7 Å². The van der Waals surface area contributed by atoms with Gasteiger partial charge in [0.2, 0.25) is 5.65 Å². The van der Waals surface area contributed by atoms with E-state index in [1.165, 1.54) is 11.1 Å². The van der Waals surface area contributed by atoms with Crippen LogP contribution in [-0.2, 0) is 13.1 Å². The maximum absolute atomic E-state index is 13.4. The van der Waals surface area contributed by atoms with Crippen LogP contribution in [0.3, 0.4) is 0 Å². The second-order valence-electron chi connectivity index (χ2n) is 8.89. The lowest BCUT2D eigenvalue weighted by atomic mass is 10.0. The Hall–Kier alpha value is -3.52. The van der Waals surface area contributed by atoms with Gasteiger partial charge in [0, 0.05) is 24.6 Å². The van der Waals surface area contributed by atoms with Crippen LogP contribution in [0.2, 0.25) is 0 Å². The highest BCUT2D eigenvalue weighted by atomic mass is 16.3. The maximum Gasteiger partial charge on any atom is 0.294 e. The Morgan fingerprint density at radius 1 is 1.12 bits per heavy atom. The van der Waals surface area contributed by atoms with Gasteiger partial charge in [0.25, 0.3) is 11.5 Å². The van der Waals surface area contributed by atoms with E-state index < -0.39 is 6.10 Å². The van der Waals surface area contributed by atoms with E-state index >= 15 is 0 Å². The molecule has 0 bridgehead atoms. The minimum absolute atomic E-state index is 0.0586. The zero-order valence-electron chi connectivity index (χ0n) is 17.7. The van der Waals surface area contributed by atoms with Crippen molar-refractivity contribution in [3.8, 4) is 0 Å². The molecule has 8 nitrogen and oxygen atoms in total. The lowest BCUT2D eigenvalue weighted by Gasteiger charge is -2.18. The summed E-state index contributed by atoms with van der Waals surface area (Å²) in [4.78, 5) is 30.8.